The highest BCUT2D eigenvalue weighted by Crippen LogP contribution is 2.30. The minimum absolute atomic E-state index is 0.229. The molecule has 2 aromatic rings. The molecule has 1 aromatic heterocycles. The van der Waals surface area contributed by atoms with Crippen molar-refractivity contribution in [1.29, 1.82) is 0 Å². The molecule has 3 N–H and O–H groups in total. The molecule has 0 saturated carbocycles. The number of guanidine groups is 1. The molecule has 0 amide bonds. The molecule has 0 bridgehead atoms. The fourth-order valence-corrected chi connectivity index (χ4v) is 3.35. The summed E-state index contributed by atoms with van der Waals surface area (Å²) in [6.45, 7) is 4.74. The van der Waals surface area contributed by atoms with E-state index in [0.717, 1.165) is 43.2 Å². The molecule has 0 spiro atoms. The summed E-state index contributed by atoms with van der Waals surface area (Å²) < 4.78 is 16.0. The van der Waals surface area contributed by atoms with Crippen LogP contribution >= 0.6 is 0 Å². The van der Waals surface area contributed by atoms with Gasteiger partial charge in [0.25, 0.3) is 0 Å². The summed E-state index contributed by atoms with van der Waals surface area (Å²) in [5.41, 5.74) is 1.07. The first-order valence-electron chi connectivity index (χ1n) is 9.87. The number of aliphatic hydroxyl groups is 1. The maximum Gasteiger partial charge on any atom is 0.191 e. The van der Waals surface area contributed by atoms with E-state index in [4.69, 9.17) is 13.9 Å². The average molecular weight is 402 g/mol. The molecule has 0 radical (unpaired) electrons. The molecule has 0 aliphatic carbocycles. The standard InChI is InChI=1S/C21H30N4O4/c1-4-22-21(23-13-19(26)20-6-5-9-29-20)24-15-7-8-25(14-15)16-10-17(27-2)12-18(11-16)28-3/h5-6,9-12,15,19,26H,4,7-8,13-14H2,1-3H3,(H2,22,23,24). The van der Waals surface area contributed by atoms with Crippen molar-refractivity contribution < 1.29 is 19.0 Å². The number of ether oxygens (including phenoxy) is 2. The fourth-order valence-electron chi connectivity index (χ4n) is 3.35. The Morgan fingerprint density at radius 3 is 2.69 bits per heavy atom. The van der Waals surface area contributed by atoms with Gasteiger partial charge in [0, 0.05) is 49.6 Å². The van der Waals surface area contributed by atoms with Crippen LogP contribution in [0.25, 0.3) is 0 Å². The van der Waals surface area contributed by atoms with Gasteiger partial charge in [-0.2, -0.15) is 0 Å². The summed E-state index contributed by atoms with van der Waals surface area (Å²) in [6.07, 6.45) is 1.77. The molecule has 1 saturated heterocycles. The number of methoxy groups -OCH3 is 2. The molecule has 1 aliphatic heterocycles. The predicted molar refractivity (Wildman–Crippen MR) is 113 cm³/mol. The van der Waals surface area contributed by atoms with E-state index in [1.54, 1.807) is 32.6 Å². The molecule has 8 heteroatoms. The minimum atomic E-state index is -0.759. The van der Waals surface area contributed by atoms with Gasteiger partial charge in [0.15, 0.2) is 5.96 Å². The van der Waals surface area contributed by atoms with E-state index < -0.39 is 6.10 Å². The van der Waals surface area contributed by atoms with E-state index >= 15 is 0 Å². The number of hydrogen-bond acceptors (Lipinski definition) is 6. The Bertz CT molecular complexity index is 772. The Balaban J connectivity index is 1.61. The summed E-state index contributed by atoms with van der Waals surface area (Å²) >= 11 is 0. The molecule has 2 atom stereocenters. The number of benzene rings is 1. The number of hydrogen-bond donors (Lipinski definition) is 3. The van der Waals surface area contributed by atoms with Gasteiger partial charge in [0.2, 0.25) is 0 Å². The summed E-state index contributed by atoms with van der Waals surface area (Å²) in [7, 11) is 3.31. The molecule has 8 nitrogen and oxygen atoms in total. The van der Waals surface area contributed by atoms with Crippen molar-refractivity contribution in [2.24, 2.45) is 4.99 Å². The summed E-state index contributed by atoms with van der Waals surface area (Å²) in [5, 5.41) is 16.9. The lowest BCUT2D eigenvalue weighted by Gasteiger charge is -2.21. The van der Waals surface area contributed by atoms with Crippen molar-refractivity contribution in [2.75, 3.05) is 45.3 Å². The van der Waals surface area contributed by atoms with Gasteiger partial charge in [-0.3, -0.25) is 4.99 Å². The normalized spacial score (nSPS) is 17.9. The van der Waals surface area contributed by atoms with Gasteiger partial charge in [-0.05, 0) is 25.5 Å². The van der Waals surface area contributed by atoms with Gasteiger partial charge < -0.3 is 34.5 Å². The maximum atomic E-state index is 10.2. The average Bonchev–Trinajstić information content (AvgIpc) is 3.44. The van der Waals surface area contributed by atoms with Gasteiger partial charge in [-0.15, -0.1) is 0 Å². The third kappa shape index (κ3) is 5.57. The largest absolute Gasteiger partial charge is 0.497 e. The number of anilines is 1. The molecule has 29 heavy (non-hydrogen) atoms. The first-order chi connectivity index (χ1) is 14.1. The molecule has 1 aliphatic rings. The van der Waals surface area contributed by atoms with Gasteiger partial charge >= 0.3 is 0 Å². The Hall–Kier alpha value is -2.87. The monoisotopic (exact) mass is 402 g/mol. The quantitative estimate of drug-likeness (QED) is 0.460. The molecular formula is C21H30N4O4. The third-order valence-corrected chi connectivity index (χ3v) is 4.87. The van der Waals surface area contributed by atoms with E-state index in [9.17, 15) is 5.11 Å². The van der Waals surface area contributed by atoms with Crippen LogP contribution in [0.3, 0.4) is 0 Å². The highest BCUT2D eigenvalue weighted by molar-refractivity contribution is 5.80. The number of aliphatic hydroxyl groups excluding tert-OH is 1. The zero-order valence-electron chi connectivity index (χ0n) is 17.2. The van der Waals surface area contributed by atoms with Crippen molar-refractivity contribution in [3.05, 3.63) is 42.4 Å². The van der Waals surface area contributed by atoms with Gasteiger partial charge in [-0.25, -0.2) is 0 Å². The van der Waals surface area contributed by atoms with Crippen LogP contribution in [0.15, 0.2) is 46.0 Å². The number of nitrogens with zero attached hydrogens (tertiary/aromatic N) is 2. The van der Waals surface area contributed by atoms with Crippen LogP contribution in [0.5, 0.6) is 11.5 Å². The third-order valence-electron chi connectivity index (χ3n) is 4.87. The van der Waals surface area contributed by atoms with Crippen molar-refractivity contribution in [3.63, 3.8) is 0 Å². The van der Waals surface area contributed by atoms with E-state index in [1.165, 1.54) is 0 Å². The lowest BCUT2D eigenvalue weighted by molar-refractivity contribution is 0.158. The number of aliphatic imine (C=N–C) groups is 1. The number of rotatable bonds is 8. The van der Waals surface area contributed by atoms with Crippen LogP contribution in [-0.2, 0) is 0 Å². The Morgan fingerprint density at radius 2 is 2.07 bits per heavy atom. The lowest BCUT2D eigenvalue weighted by Crippen LogP contribution is -2.44. The zero-order chi connectivity index (χ0) is 20.6. The fraction of sp³-hybridized carbons (Fsp3) is 0.476. The van der Waals surface area contributed by atoms with Crippen molar-refractivity contribution in [3.8, 4) is 11.5 Å². The molecule has 1 fully saturated rings. The minimum Gasteiger partial charge on any atom is -0.497 e. The molecule has 2 heterocycles. The van der Waals surface area contributed by atoms with Crippen LogP contribution in [0.4, 0.5) is 5.69 Å². The highest BCUT2D eigenvalue weighted by Gasteiger charge is 2.24. The molecule has 2 unspecified atom stereocenters. The van der Waals surface area contributed by atoms with Crippen molar-refractivity contribution >= 4 is 11.6 Å². The molecular weight excluding hydrogens is 372 g/mol. The van der Waals surface area contributed by atoms with Crippen LogP contribution in [0.1, 0.15) is 25.2 Å². The number of nitrogens with one attached hydrogen (secondary N) is 2. The smallest absolute Gasteiger partial charge is 0.191 e. The Kier molecular flexibility index (Phi) is 7.24. The summed E-state index contributed by atoms with van der Waals surface area (Å²) in [4.78, 5) is 6.81. The Labute approximate surface area is 171 Å². The van der Waals surface area contributed by atoms with Crippen LogP contribution in [0.2, 0.25) is 0 Å². The second kappa shape index (κ2) is 10.1. The predicted octanol–water partition coefficient (Wildman–Crippen LogP) is 2.16. The van der Waals surface area contributed by atoms with E-state index in [0.29, 0.717) is 11.7 Å². The zero-order valence-corrected chi connectivity index (χ0v) is 17.2. The molecule has 1 aromatic carbocycles. The van der Waals surface area contributed by atoms with Crippen LogP contribution in [0, 0.1) is 0 Å². The second-order valence-corrected chi connectivity index (χ2v) is 6.90. The highest BCUT2D eigenvalue weighted by atomic mass is 16.5. The van der Waals surface area contributed by atoms with E-state index in [2.05, 4.69) is 20.5 Å². The van der Waals surface area contributed by atoms with Crippen molar-refractivity contribution in [2.45, 2.75) is 25.5 Å². The molecule has 3 rings (SSSR count). The van der Waals surface area contributed by atoms with E-state index in [1.807, 2.05) is 25.1 Å². The van der Waals surface area contributed by atoms with Crippen LogP contribution < -0.4 is 25.0 Å². The summed E-state index contributed by atoms with van der Waals surface area (Å²) in [5.74, 6) is 2.76. The first-order valence-corrected chi connectivity index (χ1v) is 9.87. The first kappa shape index (κ1) is 20.9. The molecule has 158 valence electrons. The van der Waals surface area contributed by atoms with Gasteiger partial charge in [0.05, 0.1) is 27.0 Å². The topological polar surface area (TPSA) is 91.5 Å². The Morgan fingerprint density at radius 1 is 1.31 bits per heavy atom. The van der Waals surface area contributed by atoms with Crippen LogP contribution in [-0.4, -0.2) is 57.5 Å². The maximum absolute atomic E-state index is 10.2. The second-order valence-electron chi connectivity index (χ2n) is 6.90. The van der Waals surface area contributed by atoms with E-state index in [-0.39, 0.29) is 12.6 Å². The van der Waals surface area contributed by atoms with Gasteiger partial charge in [0.1, 0.15) is 23.4 Å². The van der Waals surface area contributed by atoms with Gasteiger partial charge in [-0.1, -0.05) is 0 Å². The number of furan rings is 1. The lowest BCUT2D eigenvalue weighted by atomic mass is 10.2. The summed E-state index contributed by atoms with van der Waals surface area (Å²) in [6, 6.07) is 9.65. The van der Waals surface area contributed by atoms with Crippen molar-refractivity contribution in [1.82, 2.24) is 10.6 Å². The SMILES string of the molecule is CCNC(=NCC(O)c1ccco1)NC1CCN(c2cc(OC)cc(OC)c2)C1.